The molecule has 0 radical (unpaired) electrons. The van der Waals surface area contributed by atoms with Crippen LogP contribution in [0.2, 0.25) is 0 Å². The number of aryl methyl sites for hydroxylation is 2. The highest BCUT2D eigenvalue weighted by atomic mass is 32.1. The second-order valence-electron chi connectivity index (χ2n) is 4.71. The Morgan fingerprint density at radius 1 is 1.50 bits per heavy atom. The van der Waals surface area contributed by atoms with E-state index in [1.54, 1.807) is 17.9 Å². The van der Waals surface area contributed by atoms with Gasteiger partial charge in [-0.2, -0.15) is 18.3 Å². The highest BCUT2D eigenvalue weighted by Crippen LogP contribution is 2.34. The summed E-state index contributed by atoms with van der Waals surface area (Å²) in [5.74, 6) is -0.372. The van der Waals surface area contributed by atoms with E-state index in [2.05, 4.69) is 10.4 Å². The van der Waals surface area contributed by atoms with Crippen molar-refractivity contribution in [3.63, 3.8) is 0 Å². The number of carbonyl (C=O) groups excluding carboxylic acids is 1. The maximum absolute atomic E-state index is 12.4. The van der Waals surface area contributed by atoms with Crippen molar-refractivity contribution in [1.82, 2.24) is 15.1 Å². The SMILES string of the molecule is Cc1nn(C)cc1CNC(=O)/C=C/c1csc(C(F)(F)F)c1. The fraction of sp³-hybridized carbons (Fsp3) is 0.286. The van der Waals surface area contributed by atoms with E-state index in [1.165, 1.54) is 17.5 Å². The molecule has 1 N–H and O–H groups in total. The van der Waals surface area contributed by atoms with Gasteiger partial charge >= 0.3 is 6.18 Å². The van der Waals surface area contributed by atoms with E-state index in [-0.39, 0.29) is 5.91 Å². The number of amides is 1. The third kappa shape index (κ3) is 4.20. The summed E-state index contributed by atoms with van der Waals surface area (Å²) in [5.41, 5.74) is 2.06. The molecule has 2 rings (SSSR count). The van der Waals surface area contributed by atoms with Gasteiger partial charge in [-0.25, -0.2) is 0 Å². The van der Waals surface area contributed by atoms with Crippen molar-refractivity contribution in [2.24, 2.45) is 7.05 Å². The Balaban J connectivity index is 1.91. The van der Waals surface area contributed by atoms with Gasteiger partial charge in [0.1, 0.15) is 4.88 Å². The molecule has 0 bridgehead atoms. The van der Waals surface area contributed by atoms with Gasteiger partial charge in [0.2, 0.25) is 5.91 Å². The first-order valence-corrected chi connectivity index (χ1v) is 7.24. The number of nitrogens with zero attached hydrogens (tertiary/aromatic N) is 2. The quantitative estimate of drug-likeness (QED) is 0.876. The summed E-state index contributed by atoms with van der Waals surface area (Å²) in [6, 6.07) is 1.01. The molecule has 22 heavy (non-hydrogen) atoms. The number of nitrogens with one attached hydrogen (secondary N) is 1. The molecule has 118 valence electrons. The smallest absolute Gasteiger partial charge is 0.348 e. The van der Waals surface area contributed by atoms with Crippen molar-refractivity contribution in [3.8, 4) is 0 Å². The second-order valence-corrected chi connectivity index (χ2v) is 5.62. The van der Waals surface area contributed by atoms with Gasteiger partial charge < -0.3 is 5.32 Å². The minimum Gasteiger partial charge on any atom is -0.348 e. The topological polar surface area (TPSA) is 46.9 Å². The summed E-state index contributed by atoms with van der Waals surface area (Å²) >= 11 is 0.604. The fourth-order valence-corrected chi connectivity index (χ4v) is 2.57. The van der Waals surface area contributed by atoms with Gasteiger partial charge in [0, 0.05) is 31.4 Å². The molecule has 8 heteroatoms. The molecule has 4 nitrogen and oxygen atoms in total. The number of hydrogen-bond acceptors (Lipinski definition) is 3. The molecule has 2 aromatic heterocycles. The molecule has 2 aromatic rings. The van der Waals surface area contributed by atoms with Crippen molar-refractivity contribution in [2.45, 2.75) is 19.6 Å². The first-order chi connectivity index (χ1) is 10.3. The van der Waals surface area contributed by atoms with Gasteiger partial charge in [0.05, 0.1) is 5.69 Å². The van der Waals surface area contributed by atoms with Crippen LogP contribution in [0.15, 0.2) is 23.7 Å². The number of rotatable bonds is 4. The van der Waals surface area contributed by atoms with E-state index in [1.807, 2.05) is 6.92 Å². The molecule has 0 spiro atoms. The molecule has 0 aromatic carbocycles. The summed E-state index contributed by atoms with van der Waals surface area (Å²) in [6.07, 6.45) is 0.0236. The Kier molecular flexibility index (Phi) is 4.70. The molecule has 0 fully saturated rings. The molecular formula is C14H14F3N3OS. The number of alkyl halides is 3. The van der Waals surface area contributed by atoms with Crippen LogP contribution in [-0.4, -0.2) is 15.7 Å². The van der Waals surface area contributed by atoms with Crippen LogP contribution < -0.4 is 5.32 Å². The van der Waals surface area contributed by atoms with Gasteiger partial charge in [0.15, 0.2) is 0 Å². The van der Waals surface area contributed by atoms with Crippen molar-refractivity contribution >= 4 is 23.3 Å². The van der Waals surface area contributed by atoms with Crippen LogP contribution in [0.3, 0.4) is 0 Å². The summed E-state index contributed by atoms with van der Waals surface area (Å²) in [5, 5.41) is 8.17. The molecule has 0 aliphatic rings. The summed E-state index contributed by atoms with van der Waals surface area (Å²) in [7, 11) is 1.78. The average molecular weight is 329 g/mol. The summed E-state index contributed by atoms with van der Waals surface area (Å²) in [6.45, 7) is 2.15. The van der Waals surface area contributed by atoms with Gasteiger partial charge in [-0.1, -0.05) is 0 Å². The number of thiophene rings is 1. The molecule has 0 saturated heterocycles. The molecule has 1 amide bonds. The lowest BCUT2D eigenvalue weighted by Gasteiger charge is -2.00. The minimum absolute atomic E-state index is 0.320. The van der Waals surface area contributed by atoms with Crippen LogP contribution in [0.4, 0.5) is 13.2 Å². The predicted molar refractivity (Wildman–Crippen MR) is 78.1 cm³/mol. The Morgan fingerprint density at radius 3 is 2.77 bits per heavy atom. The Hall–Kier alpha value is -2.09. The van der Waals surface area contributed by atoms with Crippen LogP contribution in [0.1, 0.15) is 21.7 Å². The molecule has 0 unspecified atom stereocenters. The molecule has 0 saturated carbocycles. The van der Waals surface area contributed by atoms with Crippen LogP contribution in [0, 0.1) is 6.92 Å². The highest BCUT2D eigenvalue weighted by molar-refractivity contribution is 7.10. The zero-order valence-electron chi connectivity index (χ0n) is 11.9. The van der Waals surface area contributed by atoms with Gasteiger partial charge in [-0.05, 0) is 30.0 Å². The van der Waals surface area contributed by atoms with E-state index < -0.39 is 11.1 Å². The van der Waals surface area contributed by atoms with E-state index in [0.29, 0.717) is 23.4 Å². The maximum atomic E-state index is 12.4. The average Bonchev–Trinajstić information content (AvgIpc) is 3.00. The number of aromatic nitrogens is 2. The zero-order valence-corrected chi connectivity index (χ0v) is 12.8. The second kappa shape index (κ2) is 6.35. The lowest BCUT2D eigenvalue weighted by molar-refractivity contribution is -0.134. The van der Waals surface area contributed by atoms with Crippen LogP contribution in [0.25, 0.3) is 6.08 Å². The Bertz CT molecular complexity index is 700. The van der Waals surface area contributed by atoms with Crippen LogP contribution >= 0.6 is 11.3 Å². The maximum Gasteiger partial charge on any atom is 0.425 e. The first kappa shape index (κ1) is 16.3. The lowest BCUT2D eigenvalue weighted by Crippen LogP contribution is -2.20. The van der Waals surface area contributed by atoms with Gasteiger partial charge in [-0.3, -0.25) is 9.48 Å². The number of carbonyl (C=O) groups is 1. The number of halogens is 3. The van der Waals surface area contributed by atoms with E-state index in [0.717, 1.165) is 17.3 Å². The highest BCUT2D eigenvalue weighted by Gasteiger charge is 2.32. The third-order valence-corrected chi connectivity index (χ3v) is 3.89. The molecular weight excluding hydrogens is 315 g/mol. The summed E-state index contributed by atoms with van der Waals surface area (Å²) < 4.78 is 39.0. The molecule has 0 aliphatic carbocycles. The first-order valence-electron chi connectivity index (χ1n) is 6.36. The molecule has 0 aliphatic heterocycles. The van der Waals surface area contributed by atoms with E-state index in [9.17, 15) is 18.0 Å². The van der Waals surface area contributed by atoms with E-state index in [4.69, 9.17) is 0 Å². The summed E-state index contributed by atoms with van der Waals surface area (Å²) in [4.78, 5) is 11.0. The van der Waals surface area contributed by atoms with Crippen molar-refractivity contribution in [3.05, 3.63) is 45.4 Å². The monoisotopic (exact) mass is 329 g/mol. The Labute approximate surface area is 129 Å². The molecule has 2 heterocycles. The predicted octanol–water partition coefficient (Wildman–Crippen LogP) is 3.14. The minimum atomic E-state index is -4.35. The van der Waals surface area contributed by atoms with Gasteiger partial charge in [-0.15, -0.1) is 11.3 Å². The largest absolute Gasteiger partial charge is 0.425 e. The van der Waals surface area contributed by atoms with Crippen LogP contribution in [0.5, 0.6) is 0 Å². The molecule has 0 atom stereocenters. The van der Waals surface area contributed by atoms with Crippen molar-refractivity contribution in [2.75, 3.05) is 0 Å². The van der Waals surface area contributed by atoms with E-state index >= 15 is 0 Å². The fourth-order valence-electron chi connectivity index (χ4n) is 1.82. The van der Waals surface area contributed by atoms with Crippen LogP contribution in [-0.2, 0) is 24.6 Å². The normalized spacial score (nSPS) is 12.0. The zero-order chi connectivity index (χ0) is 16.3. The lowest BCUT2D eigenvalue weighted by atomic mass is 10.2. The number of hydrogen-bond donors (Lipinski definition) is 1. The van der Waals surface area contributed by atoms with Crippen molar-refractivity contribution in [1.29, 1.82) is 0 Å². The standard InChI is InChI=1S/C14H14F3N3OS/c1-9-11(7-20(2)19-9)6-18-13(21)4-3-10-5-12(22-8-10)14(15,16)17/h3-5,7-8H,6H2,1-2H3,(H,18,21)/b4-3+. The van der Waals surface area contributed by atoms with Crippen molar-refractivity contribution < 1.29 is 18.0 Å². The third-order valence-electron chi connectivity index (χ3n) is 2.89. The Morgan fingerprint density at radius 2 is 2.23 bits per heavy atom. The van der Waals surface area contributed by atoms with Gasteiger partial charge in [0.25, 0.3) is 0 Å².